The fourth-order valence-electron chi connectivity index (χ4n) is 2.18. The van der Waals surface area contributed by atoms with Crippen LogP contribution in [0.3, 0.4) is 0 Å². The maximum Gasteiger partial charge on any atom is 0.00992 e. The number of rotatable bonds is 5. The van der Waals surface area contributed by atoms with Gasteiger partial charge in [0, 0.05) is 12.6 Å². The minimum Gasteiger partial charge on any atom is -0.313 e. The fourth-order valence-corrected chi connectivity index (χ4v) is 2.18. The van der Waals surface area contributed by atoms with Crippen LogP contribution in [0.1, 0.15) is 38.2 Å². The van der Waals surface area contributed by atoms with Crippen molar-refractivity contribution in [3.05, 3.63) is 35.9 Å². The molecule has 1 aliphatic carbocycles. The predicted octanol–water partition coefficient (Wildman–Crippen LogP) is 3.18. The molecular formula is C14H21N. The number of benzene rings is 1. The third-order valence-electron chi connectivity index (χ3n) is 3.50. The van der Waals surface area contributed by atoms with Crippen molar-refractivity contribution in [3.63, 3.8) is 0 Å². The molecule has 2 rings (SSSR count). The SMILES string of the molecule is CCC1CC1NCC(C)c1ccccc1. The number of hydrogen-bond acceptors (Lipinski definition) is 1. The molecule has 0 spiro atoms. The lowest BCUT2D eigenvalue weighted by Crippen LogP contribution is -2.23. The predicted molar refractivity (Wildman–Crippen MR) is 65.0 cm³/mol. The largest absolute Gasteiger partial charge is 0.313 e. The van der Waals surface area contributed by atoms with Crippen LogP contribution < -0.4 is 5.32 Å². The van der Waals surface area contributed by atoms with Crippen molar-refractivity contribution in [2.45, 2.75) is 38.6 Å². The molecule has 82 valence electrons. The normalized spacial score (nSPS) is 26.3. The standard InChI is InChI=1S/C14H21N/c1-3-12-9-14(12)15-10-11(2)13-7-5-4-6-8-13/h4-8,11-12,14-15H,3,9-10H2,1-2H3. The molecule has 1 heteroatoms. The molecule has 0 aliphatic heterocycles. The van der Waals surface area contributed by atoms with Crippen LogP contribution in [-0.2, 0) is 0 Å². The Morgan fingerprint density at radius 3 is 2.67 bits per heavy atom. The van der Waals surface area contributed by atoms with Gasteiger partial charge < -0.3 is 5.32 Å². The summed E-state index contributed by atoms with van der Waals surface area (Å²) in [5.41, 5.74) is 1.44. The number of hydrogen-bond donors (Lipinski definition) is 1. The first-order chi connectivity index (χ1) is 7.31. The number of nitrogens with one attached hydrogen (secondary N) is 1. The van der Waals surface area contributed by atoms with E-state index in [1.807, 2.05) is 0 Å². The summed E-state index contributed by atoms with van der Waals surface area (Å²) < 4.78 is 0. The van der Waals surface area contributed by atoms with E-state index in [0.717, 1.165) is 18.5 Å². The van der Waals surface area contributed by atoms with Crippen molar-refractivity contribution < 1.29 is 0 Å². The van der Waals surface area contributed by atoms with E-state index < -0.39 is 0 Å². The first-order valence-electron chi connectivity index (χ1n) is 6.09. The Balaban J connectivity index is 1.76. The van der Waals surface area contributed by atoms with Gasteiger partial charge in [-0.1, -0.05) is 50.6 Å². The monoisotopic (exact) mass is 203 g/mol. The Labute approximate surface area is 92.9 Å². The van der Waals surface area contributed by atoms with E-state index in [0.29, 0.717) is 5.92 Å². The Morgan fingerprint density at radius 1 is 1.33 bits per heavy atom. The smallest absolute Gasteiger partial charge is 0.00992 e. The van der Waals surface area contributed by atoms with Gasteiger partial charge in [-0.05, 0) is 23.8 Å². The van der Waals surface area contributed by atoms with Crippen LogP contribution in [0.4, 0.5) is 0 Å². The zero-order valence-corrected chi connectivity index (χ0v) is 9.74. The molecule has 1 aliphatic rings. The highest BCUT2D eigenvalue weighted by Gasteiger charge is 2.34. The summed E-state index contributed by atoms with van der Waals surface area (Å²) >= 11 is 0. The third kappa shape index (κ3) is 2.82. The zero-order chi connectivity index (χ0) is 10.7. The molecule has 1 fully saturated rings. The molecule has 0 saturated heterocycles. The average molecular weight is 203 g/mol. The zero-order valence-electron chi connectivity index (χ0n) is 9.74. The molecule has 1 N–H and O–H groups in total. The van der Waals surface area contributed by atoms with Gasteiger partial charge >= 0.3 is 0 Å². The molecule has 1 saturated carbocycles. The van der Waals surface area contributed by atoms with Crippen LogP contribution in [0, 0.1) is 5.92 Å². The van der Waals surface area contributed by atoms with Crippen LogP contribution in [0.2, 0.25) is 0 Å². The fraction of sp³-hybridized carbons (Fsp3) is 0.571. The first kappa shape index (κ1) is 10.7. The Morgan fingerprint density at radius 2 is 2.07 bits per heavy atom. The van der Waals surface area contributed by atoms with E-state index >= 15 is 0 Å². The Kier molecular flexibility index (Phi) is 3.42. The van der Waals surface area contributed by atoms with Crippen molar-refractivity contribution in [3.8, 4) is 0 Å². The summed E-state index contributed by atoms with van der Waals surface area (Å²) in [6, 6.07) is 11.6. The lowest BCUT2D eigenvalue weighted by Gasteiger charge is -2.12. The van der Waals surface area contributed by atoms with Gasteiger partial charge in [0.15, 0.2) is 0 Å². The summed E-state index contributed by atoms with van der Waals surface area (Å²) in [5, 5.41) is 3.66. The minimum absolute atomic E-state index is 0.629. The van der Waals surface area contributed by atoms with E-state index in [4.69, 9.17) is 0 Å². The summed E-state index contributed by atoms with van der Waals surface area (Å²) in [4.78, 5) is 0. The molecule has 1 nitrogen and oxygen atoms in total. The van der Waals surface area contributed by atoms with E-state index in [9.17, 15) is 0 Å². The van der Waals surface area contributed by atoms with Crippen LogP contribution in [0.25, 0.3) is 0 Å². The van der Waals surface area contributed by atoms with E-state index in [1.165, 1.54) is 18.4 Å². The highest BCUT2D eigenvalue weighted by molar-refractivity contribution is 5.19. The second-order valence-corrected chi connectivity index (χ2v) is 4.73. The topological polar surface area (TPSA) is 12.0 Å². The maximum absolute atomic E-state index is 3.66. The van der Waals surface area contributed by atoms with Crippen LogP contribution >= 0.6 is 0 Å². The van der Waals surface area contributed by atoms with E-state index in [-0.39, 0.29) is 0 Å². The van der Waals surface area contributed by atoms with Gasteiger partial charge in [-0.2, -0.15) is 0 Å². The lowest BCUT2D eigenvalue weighted by molar-refractivity contribution is 0.578. The van der Waals surface area contributed by atoms with E-state index in [2.05, 4.69) is 49.5 Å². The molecular weight excluding hydrogens is 182 g/mol. The highest BCUT2D eigenvalue weighted by Crippen LogP contribution is 2.33. The highest BCUT2D eigenvalue weighted by atomic mass is 15.0. The van der Waals surface area contributed by atoms with Crippen molar-refractivity contribution in [1.29, 1.82) is 0 Å². The van der Waals surface area contributed by atoms with Crippen LogP contribution in [0.5, 0.6) is 0 Å². The molecule has 0 amide bonds. The Bertz CT molecular complexity index is 293. The summed E-state index contributed by atoms with van der Waals surface area (Å²) in [5.74, 6) is 1.58. The van der Waals surface area contributed by atoms with Gasteiger partial charge in [-0.15, -0.1) is 0 Å². The molecule has 0 radical (unpaired) electrons. The van der Waals surface area contributed by atoms with Crippen molar-refractivity contribution in [1.82, 2.24) is 5.32 Å². The minimum atomic E-state index is 0.629. The van der Waals surface area contributed by atoms with Crippen LogP contribution in [0.15, 0.2) is 30.3 Å². The molecule has 0 bridgehead atoms. The molecule has 3 unspecified atom stereocenters. The second kappa shape index (κ2) is 4.80. The van der Waals surface area contributed by atoms with Gasteiger partial charge in [-0.3, -0.25) is 0 Å². The van der Waals surface area contributed by atoms with Crippen molar-refractivity contribution in [2.24, 2.45) is 5.92 Å². The summed E-state index contributed by atoms with van der Waals surface area (Å²) in [7, 11) is 0. The molecule has 1 aromatic rings. The van der Waals surface area contributed by atoms with Crippen molar-refractivity contribution >= 4 is 0 Å². The van der Waals surface area contributed by atoms with Gasteiger partial charge in [0.1, 0.15) is 0 Å². The van der Waals surface area contributed by atoms with Crippen molar-refractivity contribution in [2.75, 3.05) is 6.54 Å². The first-order valence-corrected chi connectivity index (χ1v) is 6.09. The van der Waals surface area contributed by atoms with Gasteiger partial charge in [-0.25, -0.2) is 0 Å². The van der Waals surface area contributed by atoms with E-state index in [1.54, 1.807) is 0 Å². The third-order valence-corrected chi connectivity index (χ3v) is 3.50. The summed E-state index contributed by atoms with van der Waals surface area (Å²) in [6.07, 6.45) is 2.72. The molecule has 0 aromatic heterocycles. The molecule has 15 heavy (non-hydrogen) atoms. The maximum atomic E-state index is 3.66. The Hall–Kier alpha value is -0.820. The average Bonchev–Trinajstić information content (AvgIpc) is 3.06. The second-order valence-electron chi connectivity index (χ2n) is 4.73. The molecule has 3 atom stereocenters. The lowest BCUT2D eigenvalue weighted by atomic mass is 10.0. The summed E-state index contributed by atoms with van der Waals surface area (Å²) in [6.45, 7) is 5.70. The van der Waals surface area contributed by atoms with Gasteiger partial charge in [0.05, 0.1) is 0 Å². The van der Waals surface area contributed by atoms with Gasteiger partial charge in [0.25, 0.3) is 0 Å². The molecule has 0 heterocycles. The quantitative estimate of drug-likeness (QED) is 0.775. The van der Waals surface area contributed by atoms with Crippen LogP contribution in [-0.4, -0.2) is 12.6 Å². The van der Waals surface area contributed by atoms with Gasteiger partial charge in [0.2, 0.25) is 0 Å². The molecule has 1 aromatic carbocycles.